The van der Waals surface area contributed by atoms with E-state index in [0.717, 1.165) is 0 Å². The van der Waals surface area contributed by atoms with Crippen LogP contribution in [-0.2, 0) is 10.0 Å². The van der Waals surface area contributed by atoms with Crippen LogP contribution in [0.3, 0.4) is 0 Å². The summed E-state index contributed by atoms with van der Waals surface area (Å²) in [5, 5.41) is -0.0957. The Morgan fingerprint density at radius 3 is 2.59 bits per heavy atom. The summed E-state index contributed by atoms with van der Waals surface area (Å²) < 4.78 is 52.7. The number of ether oxygens (including phenoxy) is 1. The maximum absolute atomic E-state index is 11.9. The van der Waals surface area contributed by atoms with E-state index in [1.807, 2.05) is 0 Å². The average molecular weight is 286 g/mol. The van der Waals surface area contributed by atoms with Crippen molar-refractivity contribution >= 4 is 27.3 Å². The van der Waals surface area contributed by atoms with Crippen LogP contribution < -0.4 is 9.46 Å². The number of anilines is 1. The predicted molar refractivity (Wildman–Crippen MR) is 61.2 cm³/mol. The van der Waals surface area contributed by atoms with Crippen LogP contribution in [-0.4, -0.2) is 20.8 Å². The number of sulfonamides is 1. The number of benzene rings is 1. The Kier molecular flexibility index (Phi) is 4.53. The van der Waals surface area contributed by atoms with Crippen molar-refractivity contribution in [1.82, 2.24) is 0 Å². The number of hydrogen-bond donors (Lipinski definition) is 1. The van der Waals surface area contributed by atoms with Crippen molar-refractivity contribution in [2.24, 2.45) is 0 Å². The normalized spacial score (nSPS) is 11.6. The molecule has 96 valence electrons. The SMILES string of the molecule is CCS(=O)(=O)Nc1ccc(OC(F)F)c(Cl)c1. The van der Waals surface area contributed by atoms with Crippen LogP contribution in [0.2, 0.25) is 5.02 Å². The van der Waals surface area contributed by atoms with Crippen molar-refractivity contribution in [3.8, 4) is 5.75 Å². The molecule has 0 radical (unpaired) electrons. The van der Waals surface area contributed by atoms with E-state index in [4.69, 9.17) is 11.6 Å². The molecule has 0 saturated carbocycles. The highest BCUT2D eigenvalue weighted by atomic mass is 35.5. The second kappa shape index (κ2) is 5.50. The van der Waals surface area contributed by atoms with Crippen molar-refractivity contribution in [2.45, 2.75) is 13.5 Å². The minimum absolute atomic E-state index is 0.0957. The topological polar surface area (TPSA) is 55.4 Å². The largest absolute Gasteiger partial charge is 0.433 e. The molecule has 8 heteroatoms. The maximum atomic E-state index is 11.9. The Balaban J connectivity index is 2.89. The number of hydrogen-bond acceptors (Lipinski definition) is 3. The van der Waals surface area contributed by atoms with Gasteiger partial charge in [0.1, 0.15) is 5.75 Å². The van der Waals surface area contributed by atoms with Gasteiger partial charge in [-0.25, -0.2) is 8.42 Å². The summed E-state index contributed by atoms with van der Waals surface area (Å²) in [7, 11) is -3.42. The smallest absolute Gasteiger partial charge is 0.387 e. The summed E-state index contributed by atoms with van der Waals surface area (Å²) in [4.78, 5) is 0. The van der Waals surface area contributed by atoms with Crippen molar-refractivity contribution in [2.75, 3.05) is 10.5 Å². The summed E-state index contributed by atoms with van der Waals surface area (Å²) in [6, 6.07) is 3.66. The van der Waals surface area contributed by atoms with Gasteiger partial charge < -0.3 is 4.74 Å². The van der Waals surface area contributed by atoms with Crippen LogP contribution in [0.15, 0.2) is 18.2 Å². The fourth-order valence-electron chi connectivity index (χ4n) is 1.01. The molecule has 1 N–H and O–H groups in total. The van der Waals surface area contributed by atoms with Gasteiger partial charge in [-0.1, -0.05) is 11.6 Å². The summed E-state index contributed by atoms with van der Waals surface area (Å²) in [6.07, 6.45) is 0. The summed E-state index contributed by atoms with van der Waals surface area (Å²) in [5.74, 6) is -0.305. The Morgan fingerprint density at radius 2 is 2.12 bits per heavy atom. The molecule has 0 aliphatic rings. The molecule has 0 atom stereocenters. The lowest BCUT2D eigenvalue weighted by Gasteiger charge is -2.09. The van der Waals surface area contributed by atoms with Gasteiger partial charge in [0, 0.05) is 0 Å². The van der Waals surface area contributed by atoms with Crippen molar-refractivity contribution in [3.05, 3.63) is 23.2 Å². The molecule has 1 aromatic rings. The van der Waals surface area contributed by atoms with Gasteiger partial charge in [-0.15, -0.1) is 0 Å². The first-order valence-electron chi connectivity index (χ1n) is 4.59. The molecule has 0 aromatic heterocycles. The third-order valence-electron chi connectivity index (χ3n) is 1.80. The number of nitrogens with one attached hydrogen (secondary N) is 1. The summed E-state index contributed by atoms with van der Waals surface area (Å²) >= 11 is 5.65. The van der Waals surface area contributed by atoms with Crippen LogP contribution in [0.4, 0.5) is 14.5 Å². The van der Waals surface area contributed by atoms with Crippen LogP contribution in [0.5, 0.6) is 5.75 Å². The summed E-state index contributed by atoms with van der Waals surface area (Å²) in [6.45, 7) is -1.51. The second-order valence-corrected chi connectivity index (χ2v) is 5.45. The molecule has 1 rings (SSSR count). The third-order valence-corrected chi connectivity index (χ3v) is 3.40. The highest BCUT2D eigenvalue weighted by Crippen LogP contribution is 2.29. The zero-order valence-corrected chi connectivity index (χ0v) is 10.4. The third kappa shape index (κ3) is 4.35. The van der Waals surface area contributed by atoms with Gasteiger partial charge in [0.25, 0.3) is 0 Å². The molecular weight excluding hydrogens is 276 g/mol. The van der Waals surface area contributed by atoms with E-state index < -0.39 is 16.6 Å². The zero-order chi connectivity index (χ0) is 13.1. The van der Waals surface area contributed by atoms with Gasteiger partial charge in [0.15, 0.2) is 0 Å². The lowest BCUT2D eigenvalue weighted by atomic mass is 10.3. The Hall–Kier alpha value is -1.08. The van der Waals surface area contributed by atoms with Gasteiger partial charge in [-0.3, -0.25) is 4.72 Å². The highest BCUT2D eigenvalue weighted by molar-refractivity contribution is 7.92. The lowest BCUT2D eigenvalue weighted by molar-refractivity contribution is -0.0497. The van der Waals surface area contributed by atoms with Gasteiger partial charge >= 0.3 is 6.61 Å². The molecule has 0 amide bonds. The monoisotopic (exact) mass is 285 g/mol. The fraction of sp³-hybridized carbons (Fsp3) is 0.333. The Bertz CT molecular complexity index is 493. The highest BCUT2D eigenvalue weighted by Gasteiger charge is 2.11. The minimum Gasteiger partial charge on any atom is -0.433 e. The van der Waals surface area contributed by atoms with Gasteiger partial charge in [-0.05, 0) is 25.1 Å². The molecule has 0 fully saturated rings. The van der Waals surface area contributed by atoms with Gasteiger partial charge in [0.05, 0.1) is 16.5 Å². The molecule has 0 saturated heterocycles. The lowest BCUT2D eigenvalue weighted by Crippen LogP contribution is -2.14. The first kappa shape index (κ1) is 14.0. The molecular formula is C9H10ClF2NO3S. The number of rotatable bonds is 5. The molecule has 17 heavy (non-hydrogen) atoms. The number of alkyl halides is 2. The van der Waals surface area contributed by atoms with E-state index in [2.05, 4.69) is 9.46 Å². The Morgan fingerprint density at radius 1 is 1.47 bits per heavy atom. The molecule has 0 spiro atoms. The van der Waals surface area contributed by atoms with E-state index in [1.54, 1.807) is 0 Å². The van der Waals surface area contributed by atoms with E-state index in [9.17, 15) is 17.2 Å². The quantitative estimate of drug-likeness (QED) is 0.905. The maximum Gasteiger partial charge on any atom is 0.387 e. The van der Waals surface area contributed by atoms with Crippen molar-refractivity contribution < 1.29 is 21.9 Å². The fourth-order valence-corrected chi connectivity index (χ4v) is 1.86. The molecule has 0 unspecified atom stereocenters. The molecule has 0 aliphatic carbocycles. The average Bonchev–Trinajstić information content (AvgIpc) is 2.21. The summed E-state index contributed by atoms with van der Waals surface area (Å²) in [5.41, 5.74) is 0.193. The van der Waals surface area contributed by atoms with Crippen molar-refractivity contribution in [1.29, 1.82) is 0 Å². The van der Waals surface area contributed by atoms with Gasteiger partial charge in [-0.2, -0.15) is 8.78 Å². The van der Waals surface area contributed by atoms with Gasteiger partial charge in [0.2, 0.25) is 10.0 Å². The number of halogens is 3. The first-order valence-corrected chi connectivity index (χ1v) is 6.62. The van der Waals surface area contributed by atoms with E-state index in [1.165, 1.54) is 25.1 Å². The minimum atomic E-state index is -3.42. The van der Waals surface area contributed by atoms with E-state index in [-0.39, 0.29) is 22.2 Å². The molecule has 0 heterocycles. The van der Waals surface area contributed by atoms with Crippen LogP contribution >= 0.6 is 11.6 Å². The molecule has 4 nitrogen and oxygen atoms in total. The predicted octanol–water partition coefficient (Wildman–Crippen LogP) is 2.70. The molecule has 1 aromatic carbocycles. The van der Waals surface area contributed by atoms with E-state index in [0.29, 0.717) is 0 Å². The Labute approximate surface area is 103 Å². The van der Waals surface area contributed by atoms with Crippen molar-refractivity contribution in [3.63, 3.8) is 0 Å². The van der Waals surface area contributed by atoms with Crippen LogP contribution in [0, 0.1) is 0 Å². The second-order valence-electron chi connectivity index (χ2n) is 3.03. The first-order chi connectivity index (χ1) is 7.84. The molecule has 0 bridgehead atoms. The van der Waals surface area contributed by atoms with Crippen LogP contribution in [0.25, 0.3) is 0 Å². The zero-order valence-electron chi connectivity index (χ0n) is 8.78. The standard InChI is InChI=1S/C9H10ClF2NO3S/c1-2-17(14,15)13-6-3-4-8(7(10)5-6)16-9(11)12/h3-5,9,13H,2H2,1H3. The molecule has 0 aliphatic heterocycles. The van der Waals surface area contributed by atoms with Crippen LogP contribution in [0.1, 0.15) is 6.92 Å². The van der Waals surface area contributed by atoms with E-state index >= 15 is 0 Å².